The van der Waals surface area contributed by atoms with Gasteiger partial charge in [0.25, 0.3) is 0 Å². The zero-order chi connectivity index (χ0) is 46.9. The summed E-state index contributed by atoms with van der Waals surface area (Å²) in [6, 6.07) is 25.7. The average Bonchev–Trinajstić information content (AvgIpc) is 3.33. The van der Waals surface area contributed by atoms with Crippen LogP contribution >= 0.6 is 0 Å². The van der Waals surface area contributed by atoms with Gasteiger partial charge in [-0.1, -0.05) is 228 Å². The zero-order valence-corrected chi connectivity index (χ0v) is 42.7. The number of ether oxygens (including phenoxy) is 3. The molecule has 360 valence electrons. The van der Waals surface area contributed by atoms with Crippen molar-refractivity contribution in [1.29, 1.82) is 0 Å². The van der Waals surface area contributed by atoms with Crippen LogP contribution in [-0.2, 0) is 0 Å². The van der Waals surface area contributed by atoms with Crippen molar-refractivity contribution in [1.82, 2.24) is 0 Å². The third kappa shape index (κ3) is 21.4. The molecule has 0 aliphatic rings. The van der Waals surface area contributed by atoms with Crippen LogP contribution in [0.25, 0.3) is 36.5 Å². The van der Waals surface area contributed by atoms with E-state index in [1.54, 1.807) is 0 Å². The van der Waals surface area contributed by atoms with Crippen molar-refractivity contribution < 1.29 is 14.2 Å². The van der Waals surface area contributed by atoms with E-state index in [1.165, 1.54) is 168 Å². The fourth-order valence-electron chi connectivity index (χ4n) is 8.87. The number of hydrogen-bond donors (Lipinski definition) is 0. The van der Waals surface area contributed by atoms with Gasteiger partial charge in [-0.25, -0.2) is 0 Å². The van der Waals surface area contributed by atoms with E-state index < -0.39 is 0 Å². The first kappa shape index (κ1) is 54.1. The molecule has 0 heterocycles. The Labute approximate surface area is 404 Å². The van der Waals surface area contributed by atoms with E-state index in [2.05, 4.69) is 151 Å². The van der Waals surface area contributed by atoms with Gasteiger partial charge in [-0.15, -0.1) is 0 Å². The Morgan fingerprint density at radius 3 is 0.712 bits per heavy atom. The van der Waals surface area contributed by atoms with Crippen molar-refractivity contribution in [3.05, 3.63) is 123 Å². The highest BCUT2D eigenvalue weighted by molar-refractivity contribution is 5.85. The Morgan fingerprint density at radius 2 is 0.485 bits per heavy atom. The predicted molar refractivity (Wildman–Crippen MR) is 291 cm³/mol. The highest BCUT2D eigenvalue weighted by atomic mass is 16.5. The Balaban J connectivity index is 1.43. The fourth-order valence-corrected chi connectivity index (χ4v) is 8.87. The lowest BCUT2D eigenvalue weighted by atomic mass is 9.87. The molecule has 0 bridgehead atoms. The lowest BCUT2D eigenvalue weighted by molar-refractivity contribution is 0.304. The van der Waals surface area contributed by atoms with Crippen LogP contribution in [0.5, 0.6) is 17.2 Å². The first-order chi connectivity index (χ1) is 32.4. The van der Waals surface area contributed by atoms with Crippen molar-refractivity contribution in [2.24, 2.45) is 0 Å². The van der Waals surface area contributed by atoms with Crippen LogP contribution in [0.2, 0.25) is 0 Å². The van der Waals surface area contributed by atoms with Gasteiger partial charge >= 0.3 is 0 Å². The Bertz CT molecular complexity index is 1700. The van der Waals surface area contributed by atoms with Crippen molar-refractivity contribution >= 4 is 36.5 Å². The maximum absolute atomic E-state index is 6.12. The molecule has 3 heteroatoms. The molecule has 3 nitrogen and oxygen atoms in total. The molecule has 0 aliphatic heterocycles. The Hall–Kier alpha value is -4.50. The molecule has 0 radical (unpaired) electrons. The summed E-state index contributed by atoms with van der Waals surface area (Å²) in [5.41, 5.74) is 11.1. The van der Waals surface area contributed by atoms with E-state index >= 15 is 0 Å². The van der Waals surface area contributed by atoms with Crippen LogP contribution in [0, 0.1) is 20.8 Å². The van der Waals surface area contributed by atoms with Gasteiger partial charge in [0, 0.05) is 0 Å². The quantitative estimate of drug-likeness (QED) is 0.0336. The summed E-state index contributed by atoms with van der Waals surface area (Å²) in [5.74, 6) is 2.84. The largest absolute Gasteiger partial charge is 0.494 e. The SMILES string of the molecule is CCCCCCCCCCOc1ccc(/C=C/c2c(C)c(/C=C/c3ccc(OCCCCCCCCCC)cc3)c(C)c(/C=C/c3ccc(OCCCCCCCCCC)cc3)c2C)cc1. The number of unbranched alkanes of at least 4 members (excludes halogenated alkanes) is 21. The Morgan fingerprint density at radius 1 is 0.273 bits per heavy atom. The molecule has 4 aromatic carbocycles. The molecule has 0 saturated heterocycles. The molecule has 0 spiro atoms. The van der Waals surface area contributed by atoms with Gasteiger partial charge in [0.05, 0.1) is 19.8 Å². The molecule has 0 aromatic heterocycles. The highest BCUT2D eigenvalue weighted by Gasteiger charge is 2.13. The van der Waals surface area contributed by atoms with Gasteiger partial charge in [-0.2, -0.15) is 0 Å². The van der Waals surface area contributed by atoms with Crippen LogP contribution < -0.4 is 14.2 Å². The molecule has 0 fully saturated rings. The zero-order valence-electron chi connectivity index (χ0n) is 42.7. The normalized spacial score (nSPS) is 11.7. The van der Waals surface area contributed by atoms with E-state index in [1.807, 2.05) is 0 Å². The van der Waals surface area contributed by atoms with Gasteiger partial charge < -0.3 is 14.2 Å². The highest BCUT2D eigenvalue weighted by Crippen LogP contribution is 2.32. The van der Waals surface area contributed by atoms with E-state index in [-0.39, 0.29) is 0 Å². The van der Waals surface area contributed by atoms with E-state index in [0.29, 0.717) is 0 Å². The first-order valence-corrected chi connectivity index (χ1v) is 26.8. The van der Waals surface area contributed by atoms with Gasteiger partial charge in [-0.3, -0.25) is 0 Å². The number of rotatable bonds is 36. The molecule has 0 unspecified atom stereocenters. The second-order valence-corrected chi connectivity index (χ2v) is 18.8. The van der Waals surface area contributed by atoms with Crippen LogP contribution in [0.3, 0.4) is 0 Å². The maximum Gasteiger partial charge on any atom is 0.119 e. The van der Waals surface area contributed by atoms with Gasteiger partial charge in [0.2, 0.25) is 0 Å². The molecular formula is C63H90O3. The summed E-state index contributed by atoms with van der Waals surface area (Å²) in [6.45, 7) is 16.0. The van der Waals surface area contributed by atoms with E-state index in [4.69, 9.17) is 14.2 Å². The fraction of sp³-hybridized carbons (Fsp3) is 0.524. The standard InChI is InChI=1S/C63H90O3/c1-7-10-13-16-19-22-25-28-49-64-58-40-31-55(32-41-58)37-46-61-52(4)62(47-38-56-33-42-59(43-34-56)65-50-29-26-23-20-17-14-11-8-2)54(6)63(53(61)5)48-39-57-35-44-60(45-36-57)66-51-30-27-24-21-18-15-12-9-3/h31-48H,7-30,49-51H2,1-6H3/b46-37+,47-38+,48-39+. The maximum atomic E-state index is 6.12. The van der Waals surface area contributed by atoms with Crippen molar-refractivity contribution in [3.63, 3.8) is 0 Å². The summed E-state index contributed by atoms with van der Waals surface area (Å²) < 4.78 is 18.4. The summed E-state index contributed by atoms with van der Waals surface area (Å²) in [6.07, 6.45) is 45.0. The average molecular weight is 895 g/mol. The van der Waals surface area contributed by atoms with Crippen LogP contribution in [0.15, 0.2) is 72.8 Å². The van der Waals surface area contributed by atoms with Crippen LogP contribution in [-0.4, -0.2) is 19.8 Å². The predicted octanol–water partition coefficient (Wildman–Crippen LogP) is 19.7. The lowest BCUT2D eigenvalue weighted by Crippen LogP contribution is -2.00. The second kappa shape index (κ2) is 33.9. The smallest absolute Gasteiger partial charge is 0.119 e. The molecule has 0 amide bonds. The number of benzene rings is 4. The molecular weight excluding hydrogens is 805 g/mol. The topological polar surface area (TPSA) is 27.7 Å². The minimum Gasteiger partial charge on any atom is -0.494 e. The number of hydrogen-bond acceptors (Lipinski definition) is 3. The van der Waals surface area contributed by atoms with Gasteiger partial charge in [0.1, 0.15) is 17.2 Å². The molecule has 0 aliphatic carbocycles. The van der Waals surface area contributed by atoms with Crippen LogP contribution in [0.1, 0.15) is 225 Å². The minimum absolute atomic E-state index is 0.785. The molecule has 0 atom stereocenters. The summed E-state index contributed by atoms with van der Waals surface area (Å²) >= 11 is 0. The minimum atomic E-state index is 0.785. The van der Waals surface area contributed by atoms with Crippen molar-refractivity contribution in [3.8, 4) is 17.2 Å². The molecule has 4 aromatic rings. The summed E-state index contributed by atoms with van der Waals surface area (Å²) in [5, 5.41) is 0. The van der Waals surface area contributed by atoms with Crippen LogP contribution in [0.4, 0.5) is 0 Å². The van der Waals surface area contributed by atoms with Gasteiger partial charge in [0.15, 0.2) is 0 Å². The summed E-state index contributed by atoms with van der Waals surface area (Å²) in [7, 11) is 0. The van der Waals surface area contributed by atoms with Gasteiger partial charge in [-0.05, 0) is 127 Å². The second-order valence-electron chi connectivity index (χ2n) is 18.8. The third-order valence-corrected chi connectivity index (χ3v) is 13.2. The van der Waals surface area contributed by atoms with Crippen molar-refractivity contribution in [2.75, 3.05) is 19.8 Å². The Kier molecular flexibility index (Phi) is 27.8. The van der Waals surface area contributed by atoms with Crippen molar-refractivity contribution in [2.45, 2.75) is 196 Å². The molecule has 0 N–H and O–H groups in total. The third-order valence-electron chi connectivity index (χ3n) is 13.2. The van der Waals surface area contributed by atoms with E-state index in [9.17, 15) is 0 Å². The monoisotopic (exact) mass is 895 g/mol. The molecule has 66 heavy (non-hydrogen) atoms. The molecule has 4 rings (SSSR count). The lowest BCUT2D eigenvalue weighted by Gasteiger charge is -2.18. The summed E-state index contributed by atoms with van der Waals surface area (Å²) in [4.78, 5) is 0. The van der Waals surface area contributed by atoms with E-state index in [0.717, 1.165) is 73.0 Å². The molecule has 0 saturated carbocycles. The first-order valence-electron chi connectivity index (χ1n) is 26.8.